The summed E-state index contributed by atoms with van der Waals surface area (Å²) in [5.41, 5.74) is 7.81. The van der Waals surface area contributed by atoms with Crippen LogP contribution in [0.5, 0.6) is 0 Å². The molecule has 0 atom stereocenters. The van der Waals surface area contributed by atoms with Crippen molar-refractivity contribution in [2.45, 2.75) is 25.5 Å². The van der Waals surface area contributed by atoms with Gasteiger partial charge >= 0.3 is 0 Å². The van der Waals surface area contributed by atoms with Crippen LogP contribution in [0.2, 0.25) is 0 Å². The van der Waals surface area contributed by atoms with Crippen LogP contribution in [0.15, 0.2) is 12.1 Å². The molecule has 2 heterocycles. The zero-order valence-electron chi connectivity index (χ0n) is 10.2. The molecule has 1 fully saturated rings. The second-order valence-corrected chi connectivity index (χ2v) is 6.70. The minimum absolute atomic E-state index is 0.288. The van der Waals surface area contributed by atoms with E-state index >= 15 is 0 Å². The van der Waals surface area contributed by atoms with Gasteiger partial charge in [0.25, 0.3) is 0 Å². The fourth-order valence-corrected chi connectivity index (χ4v) is 3.12. The zero-order valence-corrected chi connectivity index (χ0v) is 11.0. The van der Waals surface area contributed by atoms with Crippen LogP contribution >= 0.6 is 11.8 Å². The summed E-state index contributed by atoms with van der Waals surface area (Å²) in [6.45, 7) is 8.60. The Hall–Kier alpha value is -0.900. The largest absolute Gasteiger partial charge is 0.396 e. The first-order valence-electron chi connectivity index (χ1n) is 5.60. The van der Waals surface area contributed by atoms with E-state index in [1.807, 2.05) is 30.8 Å². The molecule has 1 aromatic heterocycles. The average Bonchev–Trinajstić information content (AvgIpc) is 2.20. The van der Waals surface area contributed by atoms with Gasteiger partial charge in [-0.1, -0.05) is 0 Å². The second kappa shape index (κ2) is 4.17. The van der Waals surface area contributed by atoms with E-state index in [-0.39, 0.29) is 4.75 Å². The molecule has 88 valence electrons. The van der Waals surface area contributed by atoms with Crippen LogP contribution in [0.3, 0.4) is 0 Å². The number of anilines is 2. The van der Waals surface area contributed by atoms with E-state index in [4.69, 9.17) is 5.73 Å². The number of rotatable bonds is 1. The van der Waals surface area contributed by atoms with Gasteiger partial charge < -0.3 is 10.6 Å². The summed E-state index contributed by atoms with van der Waals surface area (Å²) in [6, 6.07) is 3.91. The van der Waals surface area contributed by atoms with Crippen molar-refractivity contribution in [3.8, 4) is 0 Å². The molecular formula is C12H19N3S. The lowest BCUT2D eigenvalue weighted by Crippen LogP contribution is -2.43. The van der Waals surface area contributed by atoms with Gasteiger partial charge in [-0.25, -0.2) is 4.98 Å². The molecule has 16 heavy (non-hydrogen) atoms. The highest BCUT2D eigenvalue weighted by molar-refractivity contribution is 8.00. The van der Waals surface area contributed by atoms with Crippen LogP contribution in [-0.4, -0.2) is 28.6 Å². The maximum absolute atomic E-state index is 6.00. The monoisotopic (exact) mass is 237 g/mol. The number of hydrogen-bond donors (Lipinski definition) is 1. The number of pyridine rings is 1. The van der Waals surface area contributed by atoms with Crippen molar-refractivity contribution in [3.63, 3.8) is 0 Å². The van der Waals surface area contributed by atoms with Crippen molar-refractivity contribution in [2.24, 2.45) is 0 Å². The summed E-state index contributed by atoms with van der Waals surface area (Å²) >= 11 is 2.02. The Labute approximate surface area is 101 Å². The minimum Gasteiger partial charge on any atom is -0.396 e. The van der Waals surface area contributed by atoms with Crippen LogP contribution in [0.1, 0.15) is 19.5 Å². The molecule has 4 heteroatoms. The summed E-state index contributed by atoms with van der Waals surface area (Å²) in [5, 5.41) is 0. The highest BCUT2D eigenvalue weighted by Crippen LogP contribution is 2.33. The lowest BCUT2D eigenvalue weighted by atomic mass is 10.2. The van der Waals surface area contributed by atoms with Crippen molar-refractivity contribution in [1.82, 2.24) is 4.98 Å². The van der Waals surface area contributed by atoms with Crippen molar-refractivity contribution in [1.29, 1.82) is 0 Å². The molecule has 0 spiro atoms. The van der Waals surface area contributed by atoms with Crippen LogP contribution in [0, 0.1) is 6.92 Å². The molecule has 0 amide bonds. The Balaban J connectivity index is 2.26. The molecule has 0 saturated carbocycles. The first kappa shape index (κ1) is 11.6. The predicted molar refractivity (Wildman–Crippen MR) is 72.1 cm³/mol. The molecule has 1 aliphatic heterocycles. The standard InChI is InChI=1S/C12H19N3S/c1-9-4-5-10(13)11(14-9)15-6-7-16-12(2,3)8-15/h4-5H,6-8,13H2,1-3H3. The predicted octanol–water partition coefficient (Wildman–Crippen LogP) is 2.30. The van der Waals surface area contributed by atoms with Gasteiger partial charge in [0, 0.05) is 29.3 Å². The van der Waals surface area contributed by atoms with E-state index in [2.05, 4.69) is 23.7 Å². The smallest absolute Gasteiger partial charge is 0.152 e. The van der Waals surface area contributed by atoms with Gasteiger partial charge in [0.15, 0.2) is 5.82 Å². The summed E-state index contributed by atoms with van der Waals surface area (Å²) in [6.07, 6.45) is 0. The van der Waals surface area contributed by atoms with Gasteiger partial charge in [-0.3, -0.25) is 0 Å². The molecule has 1 aromatic rings. The summed E-state index contributed by atoms with van der Waals surface area (Å²) in [5.74, 6) is 2.09. The fourth-order valence-electron chi connectivity index (χ4n) is 2.00. The van der Waals surface area contributed by atoms with Crippen molar-refractivity contribution in [2.75, 3.05) is 29.5 Å². The third-order valence-corrected chi connectivity index (χ3v) is 4.07. The third kappa shape index (κ3) is 2.43. The Morgan fingerprint density at radius 2 is 2.19 bits per heavy atom. The third-order valence-electron chi connectivity index (χ3n) is 2.77. The molecule has 0 aliphatic carbocycles. The molecule has 2 rings (SSSR count). The number of thioether (sulfide) groups is 1. The molecule has 0 radical (unpaired) electrons. The minimum atomic E-state index is 0.288. The van der Waals surface area contributed by atoms with Crippen LogP contribution in [0.25, 0.3) is 0 Å². The number of nitrogen functional groups attached to an aromatic ring is 1. The van der Waals surface area contributed by atoms with E-state index in [0.29, 0.717) is 0 Å². The molecule has 0 aromatic carbocycles. The van der Waals surface area contributed by atoms with E-state index in [1.54, 1.807) is 0 Å². The Morgan fingerprint density at radius 1 is 1.44 bits per heavy atom. The van der Waals surface area contributed by atoms with Gasteiger partial charge in [-0.15, -0.1) is 0 Å². The van der Waals surface area contributed by atoms with Crippen molar-refractivity contribution >= 4 is 23.3 Å². The topological polar surface area (TPSA) is 42.1 Å². The average molecular weight is 237 g/mol. The van der Waals surface area contributed by atoms with Crippen molar-refractivity contribution in [3.05, 3.63) is 17.8 Å². The van der Waals surface area contributed by atoms with E-state index in [0.717, 1.165) is 36.0 Å². The van der Waals surface area contributed by atoms with Gasteiger partial charge in [0.05, 0.1) is 5.69 Å². The number of hydrogen-bond acceptors (Lipinski definition) is 4. The quantitative estimate of drug-likeness (QED) is 0.814. The van der Waals surface area contributed by atoms with Crippen LogP contribution in [-0.2, 0) is 0 Å². The molecule has 1 saturated heterocycles. The second-order valence-electron chi connectivity index (χ2n) is 4.90. The molecule has 2 N–H and O–H groups in total. The Morgan fingerprint density at radius 3 is 2.88 bits per heavy atom. The summed E-state index contributed by atoms with van der Waals surface area (Å²) in [7, 11) is 0. The van der Waals surface area contributed by atoms with Gasteiger partial charge in [0.1, 0.15) is 0 Å². The molecule has 1 aliphatic rings. The van der Waals surface area contributed by atoms with Crippen molar-refractivity contribution < 1.29 is 0 Å². The first-order valence-corrected chi connectivity index (χ1v) is 6.58. The summed E-state index contributed by atoms with van der Waals surface area (Å²) in [4.78, 5) is 6.86. The SMILES string of the molecule is Cc1ccc(N)c(N2CCSC(C)(C)C2)n1. The Kier molecular flexibility index (Phi) is 3.02. The lowest BCUT2D eigenvalue weighted by molar-refractivity contribution is 0.642. The van der Waals surface area contributed by atoms with Gasteiger partial charge in [-0.2, -0.15) is 11.8 Å². The lowest BCUT2D eigenvalue weighted by Gasteiger charge is -2.38. The van der Waals surface area contributed by atoms with E-state index < -0.39 is 0 Å². The first-order chi connectivity index (χ1) is 7.48. The highest BCUT2D eigenvalue weighted by Gasteiger charge is 2.28. The summed E-state index contributed by atoms with van der Waals surface area (Å²) < 4.78 is 0.288. The number of aromatic nitrogens is 1. The Bertz CT molecular complexity index is 390. The molecular weight excluding hydrogens is 218 g/mol. The fraction of sp³-hybridized carbons (Fsp3) is 0.583. The van der Waals surface area contributed by atoms with Crippen LogP contribution in [0.4, 0.5) is 11.5 Å². The van der Waals surface area contributed by atoms with Crippen LogP contribution < -0.4 is 10.6 Å². The number of nitrogens with zero attached hydrogens (tertiary/aromatic N) is 2. The normalized spacial score (nSPS) is 19.8. The number of aryl methyl sites for hydroxylation is 1. The maximum atomic E-state index is 6.00. The van der Waals surface area contributed by atoms with Gasteiger partial charge in [-0.05, 0) is 32.9 Å². The van der Waals surface area contributed by atoms with E-state index in [9.17, 15) is 0 Å². The maximum Gasteiger partial charge on any atom is 0.152 e. The van der Waals surface area contributed by atoms with Gasteiger partial charge in [0.2, 0.25) is 0 Å². The zero-order chi connectivity index (χ0) is 11.8. The molecule has 0 unspecified atom stereocenters. The highest BCUT2D eigenvalue weighted by atomic mass is 32.2. The molecule has 0 bridgehead atoms. The molecule has 3 nitrogen and oxygen atoms in total. The number of nitrogens with two attached hydrogens (primary N) is 1. The van der Waals surface area contributed by atoms with E-state index in [1.165, 1.54) is 0 Å².